The van der Waals surface area contributed by atoms with Gasteiger partial charge in [0.05, 0.1) is 6.07 Å². The number of likely N-dealkylation sites (tertiary alicyclic amines) is 1. The molecule has 1 saturated heterocycles. The van der Waals surface area contributed by atoms with Gasteiger partial charge in [0, 0.05) is 13.1 Å². The van der Waals surface area contributed by atoms with E-state index in [2.05, 4.69) is 10.2 Å². The highest BCUT2D eigenvalue weighted by atomic mass is 16.5. The van der Waals surface area contributed by atoms with Crippen LogP contribution in [0.1, 0.15) is 31.2 Å². The van der Waals surface area contributed by atoms with Gasteiger partial charge in [0.25, 0.3) is 0 Å². The van der Waals surface area contributed by atoms with Gasteiger partial charge in [-0.25, -0.2) is 0 Å². The van der Waals surface area contributed by atoms with E-state index in [1.54, 1.807) is 0 Å². The van der Waals surface area contributed by atoms with Crippen molar-refractivity contribution < 1.29 is 9.53 Å². The molecule has 22 heavy (non-hydrogen) atoms. The monoisotopic (exact) mass is 301 g/mol. The molecule has 1 fully saturated rings. The van der Waals surface area contributed by atoms with Crippen LogP contribution in [-0.2, 0) is 11.3 Å². The molecule has 0 aromatic heterocycles. The maximum atomic E-state index is 11.3. The molecule has 0 unspecified atom stereocenters. The van der Waals surface area contributed by atoms with Crippen molar-refractivity contribution in [2.75, 3.05) is 26.2 Å². The van der Waals surface area contributed by atoms with Crippen LogP contribution in [0.3, 0.4) is 0 Å². The van der Waals surface area contributed by atoms with Crippen molar-refractivity contribution in [1.29, 1.82) is 5.26 Å². The summed E-state index contributed by atoms with van der Waals surface area (Å²) in [6.07, 6.45) is 3.82. The van der Waals surface area contributed by atoms with Gasteiger partial charge in [0.2, 0.25) is 5.91 Å². The Morgan fingerprint density at radius 2 is 2.14 bits per heavy atom. The first-order valence-electron chi connectivity index (χ1n) is 7.85. The lowest BCUT2D eigenvalue weighted by atomic mass is 10.1. The minimum atomic E-state index is -0.251. The predicted octanol–water partition coefficient (Wildman–Crippen LogP) is 2.08. The van der Waals surface area contributed by atoms with Gasteiger partial charge in [0.15, 0.2) is 0 Å². The van der Waals surface area contributed by atoms with E-state index in [-0.39, 0.29) is 12.3 Å². The van der Waals surface area contributed by atoms with E-state index < -0.39 is 0 Å². The number of benzene rings is 1. The quantitative estimate of drug-likeness (QED) is 0.837. The second-order valence-electron chi connectivity index (χ2n) is 5.51. The van der Waals surface area contributed by atoms with Crippen molar-refractivity contribution in [3.05, 3.63) is 29.8 Å². The summed E-state index contributed by atoms with van der Waals surface area (Å²) in [7, 11) is 0. The summed E-state index contributed by atoms with van der Waals surface area (Å²) in [6.45, 7) is 4.42. The number of rotatable bonds is 7. The van der Waals surface area contributed by atoms with Crippen LogP contribution >= 0.6 is 0 Å². The molecule has 0 saturated carbocycles. The molecular formula is C17H23N3O2. The third kappa shape index (κ3) is 5.74. The first-order chi connectivity index (χ1) is 10.8. The lowest BCUT2D eigenvalue weighted by Crippen LogP contribution is -2.33. The number of nitriles is 1. The number of piperidine rings is 1. The fraction of sp³-hybridized carbons (Fsp3) is 0.529. The molecule has 1 aromatic carbocycles. The first-order valence-corrected chi connectivity index (χ1v) is 7.85. The maximum absolute atomic E-state index is 11.3. The van der Waals surface area contributed by atoms with E-state index in [1.807, 2.05) is 30.3 Å². The Morgan fingerprint density at radius 1 is 1.32 bits per heavy atom. The Balaban J connectivity index is 1.73. The number of nitrogens with zero attached hydrogens (tertiary/aromatic N) is 2. The summed E-state index contributed by atoms with van der Waals surface area (Å²) in [5.74, 6) is 0.572. The lowest BCUT2D eigenvalue weighted by Gasteiger charge is -2.26. The van der Waals surface area contributed by atoms with Crippen LogP contribution in [0.4, 0.5) is 0 Å². The third-order valence-corrected chi connectivity index (χ3v) is 3.75. The molecule has 1 aliphatic rings. The van der Waals surface area contributed by atoms with Crippen molar-refractivity contribution in [3.63, 3.8) is 0 Å². The number of hydrogen-bond acceptors (Lipinski definition) is 4. The number of amides is 1. The molecule has 0 spiro atoms. The molecule has 1 amide bonds. The van der Waals surface area contributed by atoms with Crippen LogP contribution in [-0.4, -0.2) is 37.0 Å². The van der Waals surface area contributed by atoms with Crippen molar-refractivity contribution in [2.24, 2.45) is 0 Å². The lowest BCUT2D eigenvalue weighted by molar-refractivity contribution is -0.120. The Bertz CT molecular complexity index is 519. The standard InChI is InChI=1S/C17H23N3O2/c18-8-7-17(21)19-14-15-5-4-6-16(13-15)22-12-11-20-9-2-1-3-10-20/h4-6,13H,1-3,7,9-12,14H2,(H,19,21). The fourth-order valence-electron chi connectivity index (χ4n) is 2.56. The molecule has 0 radical (unpaired) electrons. The summed E-state index contributed by atoms with van der Waals surface area (Å²) in [5.41, 5.74) is 0.974. The molecule has 0 atom stereocenters. The molecule has 118 valence electrons. The van der Waals surface area contributed by atoms with Gasteiger partial charge in [-0.05, 0) is 43.6 Å². The molecule has 0 aliphatic carbocycles. The van der Waals surface area contributed by atoms with Crippen molar-refractivity contribution >= 4 is 5.91 Å². The number of hydrogen-bond donors (Lipinski definition) is 1. The molecule has 2 rings (SSSR count). The van der Waals surface area contributed by atoms with E-state index in [0.29, 0.717) is 13.2 Å². The molecule has 1 aromatic rings. The summed E-state index contributed by atoms with van der Waals surface area (Å²) in [4.78, 5) is 13.7. The Morgan fingerprint density at radius 3 is 2.91 bits per heavy atom. The van der Waals surface area contributed by atoms with Crippen molar-refractivity contribution in [3.8, 4) is 11.8 Å². The summed E-state index contributed by atoms with van der Waals surface area (Å²) >= 11 is 0. The smallest absolute Gasteiger partial charge is 0.234 e. The van der Waals surface area contributed by atoms with Gasteiger partial charge in [-0.2, -0.15) is 5.26 Å². The molecule has 0 bridgehead atoms. The number of carbonyl (C=O) groups is 1. The number of carbonyl (C=O) groups excluding carboxylic acids is 1. The maximum Gasteiger partial charge on any atom is 0.234 e. The van der Waals surface area contributed by atoms with Crippen LogP contribution in [0.2, 0.25) is 0 Å². The number of ether oxygens (including phenoxy) is 1. The van der Waals surface area contributed by atoms with E-state index in [9.17, 15) is 4.79 Å². The Hall–Kier alpha value is -2.06. The Kier molecular flexibility index (Phi) is 6.72. The van der Waals surface area contributed by atoms with Crippen molar-refractivity contribution in [2.45, 2.75) is 32.2 Å². The molecule has 1 N–H and O–H groups in total. The van der Waals surface area contributed by atoms with Gasteiger partial charge in [0.1, 0.15) is 18.8 Å². The second-order valence-corrected chi connectivity index (χ2v) is 5.51. The minimum absolute atomic E-state index is 0.105. The predicted molar refractivity (Wildman–Crippen MR) is 84.3 cm³/mol. The average molecular weight is 301 g/mol. The normalized spacial score (nSPS) is 15.0. The van der Waals surface area contributed by atoms with E-state index in [0.717, 1.165) is 17.9 Å². The Labute approximate surface area is 131 Å². The largest absolute Gasteiger partial charge is 0.492 e. The van der Waals surface area contributed by atoms with Crippen LogP contribution < -0.4 is 10.1 Å². The average Bonchev–Trinajstić information content (AvgIpc) is 2.55. The molecule has 1 aliphatic heterocycles. The van der Waals surface area contributed by atoms with Gasteiger partial charge in [-0.1, -0.05) is 18.6 Å². The van der Waals surface area contributed by atoms with Gasteiger partial charge < -0.3 is 10.1 Å². The molecule has 5 heteroatoms. The first kappa shape index (κ1) is 16.3. The SMILES string of the molecule is N#CCC(=O)NCc1cccc(OCCN2CCCCC2)c1. The second kappa shape index (κ2) is 9.06. The van der Waals surface area contributed by atoms with Gasteiger partial charge >= 0.3 is 0 Å². The van der Waals surface area contributed by atoms with E-state index in [4.69, 9.17) is 10.00 Å². The van der Waals surface area contributed by atoms with Crippen LogP contribution in [0.15, 0.2) is 24.3 Å². The fourth-order valence-corrected chi connectivity index (χ4v) is 2.56. The molecule has 1 heterocycles. The zero-order valence-electron chi connectivity index (χ0n) is 12.9. The summed E-state index contributed by atoms with van der Waals surface area (Å²) < 4.78 is 5.80. The zero-order chi connectivity index (χ0) is 15.6. The molecular weight excluding hydrogens is 278 g/mol. The topological polar surface area (TPSA) is 65.4 Å². The third-order valence-electron chi connectivity index (χ3n) is 3.75. The highest BCUT2D eigenvalue weighted by molar-refractivity contribution is 5.77. The highest BCUT2D eigenvalue weighted by Gasteiger charge is 2.09. The summed E-state index contributed by atoms with van der Waals surface area (Å²) in [6, 6.07) is 9.55. The van der Waals surface area contributed by atoms with Crippen LogP contribution in [0.5, 0.6) is 5.75 Å². The van der Waals surface area contributed by atoms with Gasteiger partial charge in [-0.3, -0.25) is 9.69 Å². The van der Waals surface area contributed by atoms with Gasteiger partial charge in [-0.15, -0.1) is 0 Å². The van der Waals surface area contributed by atoms with Crippen LogP contribution in [0.25, 0.3) is 0 Å². The zero-order valence-corrected chi connectivity index (χ0v) is 12.9. The molecule has 5 nitrogen and oxygen atoms in total. The minimum Gasteiger partial charge on any atom is -0.492 e. The number of nitrogens with one attached hydrogen (secondary N) is 1. The summed E-state index contributed by atoms with van der Waals surface area (Å²) in [5, 5.41) is 11.2. The highest BCUT2D eigenvalue weighted by Crippen LogP contribution is 2.14. The van der Waals surface area contributed by atoms with Crippen LogP contribution in [0, 0.1) is 11.3 Å². The van der Waals surface area contributed by atoms with E-state index >= 15 is 0 Å². The van der Waals surface area contributed by atoms with E-state index in [1.165, 1.54) is 32.4 Å². The van der Waals surface area contributed by atoms with Crippen molar-refractivity contribution in [1.82, 2.24) is 10.2 Å².